The molecule has 2 N–H and O–H groups in total. The van der Waals surface area contributed by atoms with Crippen molar-refractivity contribution in [2.45, 2.75) is 30.2 Å². The molecule has 0 aromatic heterocycles. The van der Waals surface area contributed by atoms with Crippen LogP contribution in [0.5, 0.6) is 5.75 Å². The summed E-state index contributed by atoms with van der Waals surface area (Å²) in [5.74, 6) is 1.43. The lowest BCUT2D eigenvalue weighted by molar-refractivity contribution is -0.121. The Morgan fingerprint density at radius 1 is 1.21 bits per heavy atom. The normalized spacial score (nSPS) is 19.3. The van der Waals surface area contributed by atoms with E-state index in [1.54, 1.807) is 31.4 Å². The van der Waals surface area contributed by atoms with Crippen LogP contribution in [0.15, 0.2) is 58.4 Å². The van der Waals surface area contributed by atoms with Crippen molar-refractivity contribution < 1.29 is 17.9 Å². The summed E-state index contributed by atoms with van der Waals surface area (Å²) < 4.78 is 31.9. The number of sulfonamides is 1. The van der Waals surface area contributed by atoms with E-state index in [1.807, 2.05) is 24.3 Å². The largest absolute Gasteiger partial charge is 0.497 e. The Hall–Kier alpha value is -2.87. The van der Waals surface area contributed by atoms with Crippen molar-refractivity contribution in [1.29, 1.82) is 0 Å². The van der Waals surface area contributed by atoms with E-state index in [0.717, 1.165) is 24.2 Å². The average Bonchev–Trinajstić information content (AvgIpc) is 3.53. The standard InChI is InChI=1S/C21H23N3O4S/c1-28-16-10-8-15(9-11-16)20(14-6-7-14)23-19(25)12-13-22-21-17-4-2-3-5-18(17)29(26,27)24-21/h2-5,8-11,14,20H,6-7,12-13H2,1H3,(H,22,24)(H,23,25). The molecular weight excluding hydrogens is 390 g/mol. The van der Waals surface area contributed by atoms with Crippen molar-refractivity contribution >= 4 is 21.8 Å². The molecule has 1 amide bonds. The van der Waals surface area contributed by atoms with E-state index < -0.39 is 10.0 Å². The van der Waals surface area contributed by atoms with E-state index in [-0.39, 0.29) is 29.8 Å². The van der Waals surface area contributed by atoms with Gasteiger partial charge in [-0.15, -0.1) is 0 Å². The molecule has 29 heavy (non-hydrogen) atoms. The number of benzene rings is 2. The molecule has 0 bridgehead atoms. The lowest BCUT2D eigenvalue weighted by Crippen LogP contribution is -2.30. The van der Waals surface area contributed by atoms with E-state index >= 15 is 0 Å². The molecule has 4 rings (SSSR count). The van der Waals surface area contributed by atoms with Crippen LogP contribution in [-0.2, 0) is 14.8 Å². The third-order valence-corrected chi connectivity index (χ3v) is 6.55. The van der Waals surface area contributed by atoms with Crippen LogP contribution in [0, 0.1) is 5.92 Å². The van der Waals surface area contributed by atoms with Gasteiger partial charge in [-0.2, -0.15) is 0 Å². The number of nitrogens with zero attached hydrogens (tertiary/aromatic N) is 1. The van der Waals surface area contributed by atoms with E-state index in [9.17, 15) is 13.2 Å². The fourth-order valence-corrected chi connectivity index (χ4v) is 4.73. The molecule has 1 atom stereocenters. The molecule has 1 unspecified atom stereocenters. The van der Waals surface area contributed by atoms with Gasteiger partial charge in [0.1, 0.15) is 11.6 Å². The van der Waals surface area contributed by atoms with Crippen LogP contribution in [0.2, 0.25) is 0 Å². The predicted octanol–water partition coefficient (Wildman–Crippen LogP) is 2.39. The van der Waals surface area contributed by atoms with Crippen LogP contribution in [0.3, 0.4) is 0 Å². The van der Waals surface area contributed by atoms with E-state index in [1.165, 1.54) is 0 Å². The Bertz CT molecular complexity index is 1040. The lowest BCUT2D eigenvalue weighted by Gasteiger charge is -2.19. The van der Waals surface area contributed by atoms with Gasteiger partial charge < -0.3 is 10.1 Å². The number of nitrogens with one attached hydrogen (secondary N) is 2. The molecule has 8 heteroatoms. The number of ether oxygens (including phenoxy) is 1. The molecule has 0 spiro atoms. The topological polar surface area (TPSA) is 96.9 Å². The third kappa shape index (κ3) is 4.27. The van der Waals surface area contributed by atoms with Crippen molar-refractivity contribution in [3.8, 4) is 5.75 Å². The second-order valence-corrected chi connectivity index (χ2v) is 8.89. The van der Waals surface area contributed by atoms with Gasteiger partial charge in [-0.3, -0.25) is 14.5 Å². The van der Waals surface area contributed by atoms with Gasteiger partial charge in [0.05, 0.1) is 24.6 Å². The first-order valence-corrected chi connectivity index (χ1v) is 11.1. The summed E-state index contributed by atoms with van der Waals surface area (Å²) >= 11 is 0. The Morgan fingerprint density at radius 3 is 2.62 bits per heavy atom. The minimum atomic E-state index is -3.56. The minimum absolute atomic E-state index is 0.0215. The van der Waals surface area contributed by atoms with Crippen molar-refractivity contribution in [2.75, 3.05) is 13.7 Å². The minimum Gasteiger partial charge on any atom is -0.497 e. The van der Waals surface area contributed by atoms with E-state index in [0.29, 0.717) is 17.3 Å². The van der Waals surface area contributed by atoms with Crippen molar-refractivity contribution in [2.24, 2.45) is 10.9 Å². The maximum absolute atomic E-state index is 12.5. The summed E-state index contributed by atoms with van der Waals surface area (Å²) in [5, 5.41) is 3.11. The first-order valence-electron chi connectivity index (χ1n) is 9.58. The van der Waals surface area contributed by atoms with Crippen molar-refractivity contribution in [3.05, 3.63) is 59.7 Å². The molecule has 7 nitrogen and oxygen atoms in total. The summed E-state index contributed by atoms with van der Waals surface area (Å²) in [6.45, 7) is 0.206. The number of fused-ring (bicyclic) bond motifs is 1. The highest BCUT2D eigenvalue weighted by Gasteiger charge is 2.33. The second-order valence-electron chi connectivity index (χ2n) is 7.24. The SMILES string of the molecule is COc1ccc(C(NC(=O)CCN=C2NS(=O)(=O)c3ccccc32)C2CC2)cc1. The van der Waals surface area contributed by atoms with Gasteiger partial charge in [-0.05, 0) is 48.6 Å². The van der Waals surface area contributed by atoms with Gasteiger partial charge in [-0.1, -0.05) is 24.3 Å². The highest BCUT2D eigenvalue weighted by Crippen LogP contribution is 2.41. The molecule has 1 aliphatic carbocycles. The van der Waals surface area contributed by atoms with Crippen molar-refractivity contribution in [3.63, 3.8) is 0 Å². The highest BCUT2D eigenvalue weighted by atomic mass is 32.2. The van der Waals surface area contributed by atoms with Gasteiger partial charge in [0.25, 0.3) is 10.0 Å². The maximum Gasteiger partial charge on any atom is 0.263 e. The van der Waals surface area contributed by atoms with Crippen molar-refractivity contribution in [1.82, 2.24) is 10.0 Å². The second kappa shape index (κ2) is 7.87. The lowest BCUT2D eigenvalue weighted by atomic mass is 10.0. The predicted molar refractivity (Wildman–Crippen MR) is 109 cm³/mol. The highest BCUT2D eigenvalue weighted by molar-refractivity contribution is 7.90. The van der Waals surface area contributed by atoms with Crippen LogP contribution in [0.1, 0.15) is 36.4 Å². The van der Waals surface area contributed by atoms with E-state index in [4.69, 9.17) is 4.74 Å². The molecule has 2 aliphatic rings. The number of carbonyl (C=O) groups excluding carboxylic acids is 1. The van der Waals surface area contributed by atoms with Crippen LogP contribution in [0.25, 0.3) is 0 Å². The Kier molecular flexibility index (Phi) is 5.27. The molecule has 1 saturated carbocycles. The first kappa shape index (κ1) is 19.4. The number of aliphatic imine (C=N–C) groups is 1. The Balaban J connectivity index is 1.39. The zero-order valence-electron chi connectivity index (χ0n) is 16.1. The summed E-state index contributed by atoms with van der Waals surface area (Å²) in [5.41, 5.74) is 1.60. The molecule has 0 radical (unpaired) electrons. The summed E-state index contributed by atoms with van der Waals surface area (Å²) in [6, 6.07) is 14.4. The zero-order chi connectivity index (χ0) is 20.4. The van der Waals surface area contributed by atoms with Gasteiger partial charge in [0.15, 0.2) is 0 Å². The van der Waals surface area contributed by atoms with E-state index in [2.05, 4.69) is 15.0 Å². The van der Waals surface area contributed by atoms with Gasteiger partial charge in [0.2, 0.25) is 5.91 Å². The van der Waals surface area contributed by atoms with Gasteiger partial charge in [-0.25, -0.2) is 8.42 Å². The summed E-state index contributed by atoms with van der Waals surface area (Å²) in [6.07, 6.45) is 2.38. The quantitative estimate of drug-likeness (QED) is 0.728. The Morgan fingerprint density at radius 2 is 1.93 bits per heavy atom. The van der Waals surface area contributed by atoms with Crippen LogP contribution >= 0.6 is 0 Å². The number of methoxy groups -OCH3 is 1. The number of rotatable bonds is 7. The number of carbonyl (C=O) groups is 1. The fraction of sp³-hybridized carbons (Fsp3) is 0.333. The third-order valence-electron chi connectivity index (χ3n) is 5.16. The van der Waals surface area contributed by atoms with Crippen LogP contribution in [0.4, 0.5) is 0 Å². The number of hydrogen-bond donors (Lipinski definition) is 2. The number of amides is 1. The molecule has 2 aromatic rings. The Labute approximate surface area is 170 Å². The molecule has 2 aromatic carbocycles. The summed E-state index contributed by atoms with van der Waals surface area (Å²) in [4.78, 5) is 17.0. The first-order chi connectivity index (χ1) is 14.0. The van der Waals surface area contributed by atoms with Crippen LogP contribution < -0.4 is 14.8 Å². The summed E-state index contributed by atoms with van der Waals surface area (Å²) in [7, 11) is -1.94. The monoisotopic (exact) mass is 413 g/mol. The number of hydrogen-bond acceptors (Lipinski definition) is 5. The van der Waals surface area contributed by atoms with Gasteiger partial charge in [0, 0.05) is 12.0 Å². The molecular formula is C21H23N3O4S. The average molecular weight is 413 g/mol. The molecule has 0 saturated heterocycles. The van der Waals surface area contributed by atoms with Crippen LogP contribution in [-0.4, -0.2) is 33.8 Å². The number of amidine groups is 1. The molecule has 152 valence electrons. The zero-order valence-corrected chi connectivity index (χ0v) is 16.9. The maximum atomic E-state index is 12.5. The molecule has 1 aliphatic heterocycles. The molecule has 1 heterocycles. The van der Waals surface area contributed by atoms with Gasteiger partial charge >= 0.3 is 0 Å². The molecule has 1 fully saturated rings. The fourth-order valence-electron chi connectivity index (χ4n) is 3.48. The smallest absolute Gasteiger partial charge is 0.263 e.